The molecule has 0 fully saturated rings. The fourth-order valence-corrected chi connectivity index (χ4v) is 3.56. The lowest BCUT2D eigenvalue weighted by molar-refractivity contribution is 0.687. The maximum absolute atomic E-state index is 6.36. The lowest BCUT2D eigenvalue weighted by atomic mass is 10.1. The quantitative estimate of drug-likeness (QED) is 0.805. The Labute approximate surface area is 122 Å². The van der Waals surface area contributed by atoms with Crippen molar-refractivity contribution in [2.24, 2.45) is 12.8 Å². The summed E-state index contributed by atoms with van der Waals surface area (Å²) in [5.41, 5.74) is 9.61. The van der Waals surface area contributed by atoms with E-state index in [0.717, 1.165) is 33.2 Å². The second-order valence-electron chi connectivity index (χ2n) is 5.08. The highest BCUT2D eigenvalue weighted by Crippen LogP contribution is 2.27. The molecule has 2 heterocycles. The molecule has 4 nitrogen and oxygen atoms in total. The molecule has 2 aromatic heterocycles. The summed E-state index contributed by atoms with van der Waals surface area (Å²) in [5, 5.41) is 6.87. The van der Waals surface area contributed by atoms with Gasteiger partial charge >= 0.3 is 0 Å². The van der Waals surface area contributed by atoms with Crippen LogP contribution in [-0.2, 0) is 13.5 Å². The van der Waals surface area contributed by atoms with Gasteiger partial charge in [-0.2, -0.15) is 5.10 Å². The van der Waals surface area contributed by atoms with E-state index < -0.39 is 0 Å². The molecule has 1 aromatic carbocycles. The van der Waals surface area contributed by atoms with Crippen molar-refractivity contribution in [1.82, 2.24) is 14.8 Å². The molecule has 20 heavy (non-hydrogen) atoms. The molecule has 2 N–H and O–H groups in total. The summed E-state index contributed by atoms with van der Waals surface area (Å²) < 4.78 is 1.92. The van der Waals surface area contributed by atoms with Gasteiger partial charge in [-0.1, -0.05) is 18.2 Å². The Morgan fingerprint density at radius 1 is 1.30 bits per heavy atom. The number of fused-ring (bicyclic) bond motifs is 1. The minimum absolute atomic E-state index is 0.0421. The van der Waals surface area contributed by atoms with Gasteiger partial charge in [-0.25, -0.2) is 4.98 Å². The summed E-state index contributed by atoms with van der Waals surface area (Å²) in [6.45, 7) is 4.04. The Morgan fingerprint density at radius 2 is 2.05 bits per heavy atom. The molecule has 3 rings (SSSR count). The number of nitrogens with zero attached hydrogens (tertiary/aromatic N) is 3. The van der Waals surface area contributed by atoms with E-state index in [9.17, 15) is 0 Å². The summed E-state index contributed by atoms with van der Waals surface area (Å²) in [4.78, 5) is 5.62. The van der Waals surface area contributed by atoms with E-state index >= 15 is 0 Å². The van der Waals surface area contributed by atoms with Crippen LogP contribution in [0.1, 0.15) is 27.3 Å². The standard InChI is InChI=1S/C15H18N4S/c1-9-15(20-10(2)17-9)12(16)8-13-11-6-4-5-7-14(11)19(3)18-13/h4-7,12H,8,16H2,1-3H3. The van der Waals surface area contributed by atoms with Crippen LogP contribution in [0.3, 0.4) is 0 Å². The van der Waals surface area contributed by atoms with Crippen LogP contribution in [0.4, 0.5) is 0 Å². The molecular formula is C15H18N4S. The first-order chi connectivity index (χ1) is 9.56. The molecule has 0 bridgehead atoms. The summed E-state index contributed by atoms with van der Waals surface area (Å²) in [6, 6.07) is 8.22. The summed E-state index contributed by atoms with van der Waals surface area (Å²) in [6.07, 6.45) is 0.740. The number of nitrogens with two attached hydrogens (primary N) is 1. The molecule has 0 aliphatic carbocycles. The normalized spacial score (nSPS) is 13.0. The van der Waals surface area contributed by atoms with Crippen LogP contribution in [-0.4, -0.2) is 14.8 Å². The van der Waals surface area contributed by atoms with Gasteiger partial charge in [-0.15, -0.1) is 11.3 Å². The molecule has 0 saturated carbocycles. The van der Waals surface area contributed by atoms with Crippen molar-refractivity contribution in [3.63, 3.8) is 0 Å². The number of hydrogen-bond acceptors (Lipinski definition) is 4. The van der Waals surface area contributed by atoms with Crippen LogP contribution >= 0.6 is 11.3 Å². The Bertz CT molecular complexity index is 756. The third-order valence-corrected chi connectivity index (χ3v) is 4.73. The van der Waals surface area contributed by atoms with Gasteiger partial charge in [0.1, 0.15) is 0 Å². The first-order valence-corrected chi connectivity index (χ1v) is 7.48. The highest BCUT2D eigenvalue weighted by molar-refractivity contribution is 7.11. The highest BCUT2D eigenvalue weighted by atomic mass is 32.1. The van der Waals surface area contributed by atoms with E-state index in [-0.39, 0.29) is 6.04 Å². The average molecular weight is 286 g/mol. The molecule has 1 unspecified atom stereocenters. The maximum atomic E-state index is 6.36. The van der Waals surface area contributed by atoms with Crippen LogP contribution in [0.15, 0.2) is 24.3 Å². The van der Waals surface area contributed by atoms with Crippen LogP contribution in [0.5, 0.6) is 0 Å². The van der Waals surface area contributed by atoms with E-state index in [1.165, 1.54) is 5.39 Å². The second-order valence-corrected chi connectivity index (χ2v) is 6.32. The van der Waals surface area contributed by atoms with Gasteiger partial charge in [0, 0.05) is 29.8 Å². The van der Waals surface area contributed by atoms with Crippen LogP contribution in [0, 0.1) is 13.8 Å². The zero-order valence-corrected chi connectivity index (χ0v) is 12.7. The minimum atomic E-state index is -0.0421. The number of rotatable bonds is 3. The van der Waals surface area contributed by atoms with E-state index in [2.05, 4.69) is 22.2 Å². The molecule has 0 radical (unpaired) electrons. The van der Waals surface area contributed by atoms with Gasteiger partial charge in [-0.3, -0.25) is 4.68 Å². The Morgan fingerprint density at radius 3 is 2.75 bits per heavy atom. The smallest absolute Gasteiger partial charge is 0.0900 e. The van der Waals surface area contributed by atoms with Crippen LogP contribution in [0.2, 0.25) is 0 Å². The van der Waals surface area contributed by atoms with E-state index in [1.807, 2.05) is 37.7 Å². The first kappa shape index (κ1) is 13.3. The third kappa shape index (κ3) is 2.23. The molecular weight excluding hydrogens is 268 g/mol. The molecule has 0 aliphatic rings. The van der Waals surface area contributed by atoms with E-state index in [0.29, 0.717) is 0 Å². The fourth-order valence-electron chi connectivity index (χ4n) is 2.63. The first-order valence-electron chi connectivity index (χ1n) is 6.66. The lowest BCUT2D eigenvalue weighted by Gasteiger charge is -2.08. The Hall–Kier alpha value is -1.72. The number of aryl methyl sites for hydroxylation is 3. The monoisotopic (exact) mass is 286 g/mol. The van der Waals surface area contributed by atoms with E-state index in [1.54, 1.807) is 11.3 Å². The largest absolute Gasteiger partial charge is 0.323 e. The van der Waals surface area contributed by atoms with E-state index in [4.69, 9.17) is 5.73 Å². The number of para-hydroxylation sites is 1. The van der Waals surface area contributed by atoms with Crippen LogP contribution < -0.4 is 5.73 Å². The van der Waals surface area contributed by atoms with Crippen LogP contribution in [0.25, 0.3) is 10.9 Å². The van der Waals surface area contributed by atoms with Gasteiger partial charge in [-0.05, 0) is 19.9 Å². The highest BCUT2D eigenvalue weighted by Gasteiger charge is 2.17. The summed E-state index contributed by atoms with van der Waals surface area (Å²) in [7, 11) is 1.97. The third-order valence-electron chi connectivity index (χ3n) is 3.52. The zero-order chi connectivity index (χ0) is 14.3. The molecule has 5 heteroatoms. The van der Waals surface area contributed by atoms with Crippen molar-refractivity contribution >= 4 is 22.2 Å². The van der Waals surface area contributed by atoms with Crippen molar-refractivity contribution in [3.8, 4) is 0 Å². The number of aromatic nitrogens is 3. The number of hydrogen-bond donors (Lipinski definition) is 1. The molecule has 0 spiro atoms. The van der Waals surface area contributed by atoms with Crippen molar-refractivity contribution in [3.05, 3.63) is 45.5 Å². The summed E-state index contributed by atoms with van der Waals surface area (Å²) >= 11 is 1.68. The molecule has 0 amide bonds. The predicted molar refractivity (Wildman–Crippen MR) is 82.9 cm³/mol. The van der Waals surface area contributed by atoms with Crippen molar-refractivity contribution in [2.75, 3.05) is 0 Å². The van der Waals surface area contributed by atoms with Crippen molar-refractivity contribution < 1.29 is 0 Å². The zero-order valence-electron chi connectivity index (χ0n) is 11.9. The van der Waals surface area contributed by atoms with Gasteiger partial charge in [0.05, 0.1) is 21.9 Å². The molecule has 0 saturated heterocycles. The number of benzene rings is 1. The molecule has 104 valence electrons. The van der Waals surface area contributed by atoms with Crippen molar-refractivity contribution in [1.29, 1.82) is 0 Å². The SMILES string of the molecule is Cc1nc(C)c(C(N)Cc2nn(C)c3ccccc23)s1. The topological polar surface area (TPSA) is 56.7 Å². The van der Waals surface area contributed by atoms with Gasteiger partial charge in [0.25, 0.3) is 0 Å². The Kier molecular flexibility index (Phi) is 3.31. The molecule has 3 aromatic rings. The van der Waals surface area contributed by atoms with Gasteiger partial charge in [0.15, 0.2) is 0 Å². The fraction of sp³-hybridized carbons (Fsp3) is 0.333. The van der Waals surface area contributed by atoms with Crippen molar-refractivity contribution in [2.45, 2.75) is 26.3 Å². The molecule has 1 atom stereocenters. The summed E-state index contributed by atoms with van der Waals surface area (Å²) in [5.74, 6) is 0. The average Bonchev–Trinajstić information content (AvgIpc) is 2.91. The minimum Gasteiger partial charge on any atom is -0.323 e. The Balaban J connectivity index is 1.95. The second kappa shape index (κ2) is 5.00. The number of thiazole rings is 1. The predicted octanol–water partition coefficient (Wildman–Crippen LogP) is 2.89. The van der Waals surface area contributed by atoms with Gasteiger partial charge in [0.2, 0.25) is 0 Å². The van der Waals surface area contributed by atoms with Gasteiger partial charge < -0.3 is 5.73 Å². The lowest BCUT2D eigenvalue weighted by Crippen LogP contribution is -2.13. The maximum Gasteiger partial charge on any atom is 0.0900 e. The molecule has 0 aliphatic heterocycles.